The van der Waals surface area contributed by atoms with E-state index in [1.807, 2.05) is 24.3 Å². The second kappa shape index (κ2) is 7.25. The maximum atomic E-state index is 11.1. The third-order valence-corrected chi connectivity index (χ3v) is 4.40. The smallest absolute Gasteiger partial charge is 0.305 e. The molecule has 1 N–H and O–H groups in total. The van der Waals surface area contributed by atoms with Crippen LogP contribution in [0.3, 0.4) is 0 Å². The zero-order valence-electron chi connectivity index (χ0n) is 12.3. The fraction of sp³-hybridized carbons (Fsp3) is 0.562. The highest BCUT2D eigenvalue weighted by Crippen LogP contribution is 2.33. The fourth-order valence-electron chi connectivity index (χ4n) is 2.74. The lowest BCUT2D eigenvalue weighted by Crippen LogP contribution is -2.42. The van der Waals surface area contributed by atoms with Crippen molar-refractivity contribution in [3.05, 3.63) is 34.9 Å². The standard InChI is InChI=1S/C16H22ClNO3/c1-21-15(19)3-2-10-18-11-8-16(20,9-12-18)13-4-6-14(17)7-5-13/h4-7,20H,2-3,8-12H2,1H3. The average Bonchev–Trinajstić information content (AvgIpc) is 2.50. The molecule has 0 spiro atoms. The van der Waals surface area contributed by atoms with Crippen LogP contribution >= 0.6 is 11.6 Å². The summed E-state index contributed by atoms with van der Waals surface area (Å²) < 4.78 is 4.63. The van der Waals surface area contributed by atoms with Gasteiger partial charge in [0.2, 0.25) is 0 Å². The molecule has 1 aliphatic rings. The number of methoxy groups -OCH3 is 1. The Hall–Kier alpha value is -1.10. The Morgan fingerprint density at radius 3 is 2.52 bits per heavy atom. The van der Waals surface area contributed by atoms with Gasteiger partial charge in [0.25, 0.3) is 0 Å². The molecule has 0 atom stereocenters. The summed E-state index contributed by atoms with van der Waals surface area (Å²) in [5.74, 6) is -0.162. The lowest BCUT2D eigenvalue weighted by atomic mass is 9.84. The van der Waals surface area contributed by atoms with Crippen molar-refractivity contribution >= 4 is 17.6 Å². The Kier molecular flexibility index (Phi) is 5.62. The largest absolute Gasteiger partial charge is 0.469 e. The number of piperidine rings is 1. The van der Waals surface area contributed by atoms with Crippen LogP contribution in [0.15, 0.2) is 24.3 Å². The first kappa shape index (κ1) is 16.3. The number of carbonyl (C=O) groups excluding carboxylic acids is 1. The Labute approximate surface area is 130 Å². The second-order valence-corrected chi connectivity index (χ2v) is 6.00. The molecule has 116 valence electrons. The van der Waals surface area contributed by atoms with Crippen molar-refractivity contribution in [2.24, 2.45) is 0 Å². The molecule has 1 aliphatic heterocycles. The first-order chi connectivity index (χ1) is 10.0. The third kappa shape index (κ3) is 4.43. The molecular weight excluding hydrogens is 290 g/mol. The Balaban J connectivity index is 1.82. The number of nitrogens with zero attached hydrogens (tertiary/aromatic N) is 1. The quantitative estimate of drug-likeness (QED) is 0.849. The van der Waals surface area contributed by atoms with Gasteiger partial charge in [-0.25, -0.2) is 0 Å². The number of carbonyl (C=O) groups is 1. The fourth-order valence-corrected chi connectivity index (χ4v) is 2.87. The van der Waals surface area contributed by atoms with E-state index in [-0.39, 0.29) is 5.97 Å². The summed E-state index contributed by atoms with van der Waals surface area (Å²) in [7, 11) is 1.41. The molecule has 4 nitrogen and oxygen atoms in total. The monoisotopic (exact) mass is 311 g/mol. The van der Waals surface area contributed by atoms with Gasteiger partial charge in [0, 0.05) is 24.5 Å². The van der Waals surface area contributed by atoms with Crippen LogP contribution in [0.5, 0.6) is 0 Å². The normalized spacial score (nSPS) is 18.4. The number of likely N-dealkylation sites (tertiary alicyclic amines) is 1. The van der Waals surface area contributed by atoms with Gasteiger partial charge in [0.1, 0.15) is 0 Å². The van der Waals surface area contributed by atoms with E-state index in [1.165, 1.54) is 7.11 Å². The van der Waals surface area contributed by atoms with Gasteiger partial charge in [0.15, 0.2) is 0 Å². The number of benzene rings is 1. The van der Waals surface area contributed by atoms with Crippen molar-refractivity contribution in [1.29, 1.82) is 0 Å². The van der Waals surface area contributed by atoms with Gasteiger partial charge in [-0.2, -0.15) is 0 Å². The van der Waals surface area contributed by atoms with Crippen LogP contribution in [0.25, 0.3) is 0 Å². The summed E-state index contributed by atoms with van der Waals surface area (Å²) in [4.78, 5) is 13.4. The number of ether oxygens (including phenoxy) is 1. The van der Waals surface area contributed by atoms with Crippen molar-refractivity contribution < 1.29 is 14.6 Å². The van der Waals surface area contributed by atoms with Crippen molar-refractivity contribution in [1.82, 2.24) is 4.90 Å². The topological polar surface area (TPSA) is 49.8 Å². The van der Waals surface area contributed by atoms with Crippen LogP contribution in [0.2, 0.25) is 5.02 Å². The van der Waals surface area contributed by atoms with Gasteiger partial charge in [-0.3, -0.25) is 4.79 Å². The maximum absolute atomic E-state index is 11.1. The number of hydrogen-bond donors (Lipinski definition) is 1. The first-order valence-electron chi connectivity index (χ1n) is 7.31. The zero-order chi connectivity index (χ0) is 15.3. The van der Waals surface area contributed by atoms with Gasteiger partial charge >= 0.3 is 5.97 Å². The SMILES string of the molecule is COC(=O)CCCN1CCC(O)(c2ccc(Cl)cc2)CC1. The van der Waals surface area contributed by atoms with Crippen LogP contribution in [0.4, 0.5) is 0 Å². The highest BCUT2D eigenvalue weighted by molar-refractivity contribution is 6.30. The van der Waals surface area contributed by atoms with E-state index in [0.717, 1.165) is 31.6 Å². The number of hydrogen-bond acceptors (Lipinski definition) is 4. The Bertz CT molecular complexity index is 467. The van der Waals surface area contributed by atoms with E-state index in [1.54, 1.807) is 0 Å². The summed E-state index contributed by atoms with van der Waals surface area (Å²) in [6.07, 6.45) is 2.65. The van der Waals surface area contributed by atoms with Crippen LogP contribution < -0.4 is 0 Å². The molecule has 2 rings (SSSR count). The number of rotatable bonds is 5. The molecule has 0 bridgehead atoms. The Morgan fingerprint density at radius 2 is 1.95 bits per heavy atom. The molecule has 5 heteroatoms. The number of halogens is 1. The molecule has 1 fully saturated rings. The highest BCUT2D eigenvalue weighted by Gasteiger charge is 2.33. The molecule has 0 amide bonds. The van der Waals surface area contributed by atoms with Gasteiger partial charge in [0.05, 0.1) is 12.7 Å². The van der Waals surface area contributed by atoms with E-state index in [9.17, 15) is 9.90 Å². The van der Waals surface area contributed by atoms with Crippen LogP contribution in [0.1, 0.15) is 31.2 Å². The second-order valence-electron chi connectivity index (χ2n) is 5.56. The van der Waals surface area contributed by atoms with Crippen LogP contribution in [-0.2, 0) is 15.1 Å². The Morgan fingerprint density at radius 1 is 1.33 bits per heavy atom. The van der Waals surface area contributed by atoms with Crippen molar-refractivity contribution in [3.63, 3.8) is 0 Å². The molecule has 1 aromatic rings. The lowest BCUT2D eigenvalue weighted by molar-refractivity contribution is -0.140. The van der Waals surface area contributed by atoms with Gasteiger partial charge in [-0.15, -0.1) is 0 Å². The molecule has 0 radical (unpaired) electrons. The van der Waals surface area contributed by atoms with Crippen molar-refractivity contribution in [2.75, 3.05) is 26.7 Å². The summed E-state index contributed by atoms with van der Waals surface area (Å²) in [5.41, 5.74) is 0.171. The van der Waals surface area contributed by atoms with E-state index in [0.29, 0.717) is 24.3 Å². The average molecular weight is 312 g/mol. The highest BCUT2D eigenvalue weighted by atomic mass is 35.5. The molecule has 0 aromatic heterocycles. The zero-order valence-corrected chi connectivity index (χ0v) is 13.1. The molecule has 0 aliphatic carbocycles. The van der Waals surface area contributed by atoms with Crippen molar-refractivity contribution in [2.45, 2.75) is 31.3 Å². The van der Waals surface area contributed by atoms with E-state index in [2.05, 4.69) is 9.64 Å². The summed E-state index contributed by atoms with van der Waals surface area (Å²) in [6, 6.07) is 7.43. The van der Waals surface area contributed by atoms with Crippen LogP contribution in [0, 0.1) is 0 Å². The minimum absolute atomic E-state index is 0.162. The minimum Gasteiger partial charge on any atom is -0.469 e. The molecule has 21 heavy (non-hydrogen) atoms. The van der Waals surface area contributed by atoms with E-state index < -0.39 is 5.60 Å². The summed E-state index contributed by atoms with van der Waals surface area (Å²) >= 11 is 5.89. The van der Waals surface area contributed by atoms with Crippen LogP contribution in [-0.4, -0.2) is 42.7 Å². The predicted octanol–water partition coefficient (Wildman–Crippen LogP) is 2.58. The molecule has 0 unspecified atom stereocenters. The van der Waals surface area contributed by atoms with Gasteiger partial charge in [-0.1, -0.05) is 23.7 Å². The third-order valence-electron chi connectivity index (χ3n) is 4.15. The molecule has 1 saturated heterocycles. The minimum atomic E-state index is -0.760. The molecule has 0 saturated carbocycles. The molecule has 1 heterocycles. The van der Waals surface area contributed by atoms with Crippen molar-refractivity contribution in [3.8, 4) is 0 Å². The molecular formula is C16H22ClNO3. The predicted molar refractivity (Wildman–Crippen MR) is 82.3 cm³/mol. The number of aliphatic hydroxyl groups is 1. The maximum Gasteiger partial charge on any atom is 0.305 e. The summed E-state index contributed by atoms with van der Waals surface area (Å²) in [5, 5.41) is 11.4. The lowest BCUT2D eigenvalue weighted by Gasteiger charge is -2.38. The summed E-state index contributed by atoms with van der Waals surface area (Å²) in [6.45, 7) is 2.53. The van der Waals surface area contributed by atoms with Gasteiger partial charge in [-0.05, 0) is 43.5 Å². The van der Waals surface area contributed by atoms with E-state index in [4.69, 9.17) is 11.6 Å². The van der Waals surface area contributed by atoms with Gasteiger partial charge < -0.3 is 14.7 Å². The van der Waals surface area contributed by atoms with E-state index >= 15 is 0 Å². The first-order valence-corrected chi connectivity index (χ1v) is 7.69. The number of esters is 1. The molecule has 1 aromatic carbocycles.